The van der Waals surface area contributed by atoms with Crippen LogP contribution >= 0.6 is 23.4 Å². The lowest BCUT2D eigenvalue weighted by atomic mass is 10.0. The van der Waals surface area contributed by atoms with Crippen molar-refractivity contribution in [1.29, 1.82) is 0 Å². The van der Waals surface area contributed by atoms with Crippen LogP contribution in [0, 0.1) is 0 Å². The number of pyridine rings is 1. The Bertz CT molecular complexity index is 1510. The van der Waals surface area contributed by atoms with Gasteiger partial charge in [-0.2, -0.15) is 0 Å². The monoisotopic (exact) mass is 526 g/mol. The second-order valence-corrected chi connectivity index (χ2v) is 8.87. The summed E-state index contributed by atoms with van der Waals surface area (Å²) in [6, 6.07) is 12.1. The van der Waals surface area contributed by atoms with E-state index in [1.807, 2.05) is 12.3 Å². The van der Waals surface area contributed by atoms with E-state index in [-0.39, 0.29) is 10.6 Å². The maximum absolute atomic E-state index is 13.8. The summed E-state index contributed by atoms with van der Waals surface area (Å²) < 4.78 is 12.4. The molecule has 0 aliphatic heterocycles. The lowest BCUT2D eigenvalue weighted by molar-refractivity contribution is 0.209. The number of carbonyl (C=O) groups is 1. The zero-order valence-corrected chi connectivity index (χ0v) is 21.3. The van der Waals surface area contributed by atoms with Crippen LogP contribution in [0.25, 0.3) is 22.2 Å². The normalized spacial score (nSPS) is 10.9. The number of rotatable bonds is 8. The van der Waals surface area contributed by atoms with Gasteiger partial charge in [-0.3, -0.25) is 14.7 Å². The summed E-state index contributed by atoms with van der Waals surface area (Å²) in [7, 11) is 3.02. The van der Waals surface area contributed by atoms with Crippen molar-refractivity contribution in [3.63, 3.8) is 0 Å². The number of aromatic nitrogens is 3. The molecule has 4 aromatic rings. The van der Waals surface area contributed by atoms with E-state index in [9.17, 15) is 9.59 Å². The number of hydrogen-bond acceptors (Lipinski definition) is 7. The van der Waals surface area contributed by atoms with Gasteiger partial charge in [0.2, 0.25) is 0 Å². The number of amides is 1. The molecular formula is C25H23ClN4O5S. The molecule has 0 bridgehead atoms. The molecule has 0 fully saturated rings. The molecule has 2 N–H and O–H groups in total. The van der Waals surface area contributed by atoms with Crippen LogP contribution in [0.5, 0.6) is 11.5 Å². The van der Waals surface area contributed by atoms with Crippen LogP contribution in [-0.2, 0) is 13.0 Å². The number of ether oxygens (including phenoxy) is 2. The highest BCUT2D eigenvalue weighted by Crippen LogP contribution is 2.38. The predicted molar refractivity (Wildman–Crippen MR) is 141 cm³/mol. The molecule has 2 heterocycles. The first-order valence-electron chi connectivity index (χ1n) is 10.8. The molecule has 0 radical (unpaired) electrons. The summed E-state index contributed by atoms with van der Waals surface area (Å²) in [5, 5.41) is 12.8. The van der Waals surface area contributed by atoms with Gasteiger partial charge in [-0.25, -0.2) is 14.8 Å². The number of hydrogen-bond donors (Lipinski definition) is 2. The van der Waals surface area contributed by atoms with Gasteiger partial charge in [0.1, 0.15) is 17.1 Å². The molecule has 0 saturated heterocycles. The largest absolute Gasteiger partial charge is 0.497 e. The molecule has 2 aromatic heterocycles. The van der Waals surface area contributed by atoms with Gasteiger partial charge in [0, 0.05) is 41.0 Å². The molecule has 186 valence electrons. The predicted octanol–water partition coefficient (Wildman–Crippen LogP) is 5.18. The number of anilines is 1. The molecule has 0 aliphatic carbocycles. The van der Waals surface area contributed by atoms with E-state index in [0.29, 0.717) is 57.5 Å². The van der Waals surface area contributed by atoms with Gasteiger partial charge in [-0.15, -0.1) is 0 Å². The quantitative estimate of drug-likeness (QED) is 0.238. The average Bonchev–Trinajstić information content (AvgIpc) is 2.87. The van der Waals surface area contributed by atoms with Crippen LogP contribution in [0.1, 0.15) is 5.56 Å². The van der Waals surface area contributed by atoms with E-state index in [1.54, 1.807) is 47.2 Å². The van der Waals surface area contributed by atoms with E-state index >= 15 is 0 Å². The number of nitrogens with zero attached hydrogens (tertiary/aromatic N) is 3. The van der Waals surface area contributed by atoms with Gasteiger partial charge in [0.25, 0.3) is 5.56 Å². The highest BCUT2D eigenvalue weighted by molar-refractivity contribution is 7.98. The van der Waals surface area contributed by atoms with E-state index < -0.39 is 6.09 Å². The lowest BCUT2D eigenvalue weighted by Gasteiger charge is -2.15. The third-order valence-electron chi connectivity index (χ3n) is 5.55. The van der Waals surface area contributed by atoms with Gasteiger partial charge in [-0.1, -0.05) is 35.5 Å². The van der Waals surface area contributed by atoms with Crippen molar-refractivity contribution in [1.82, 2.24) is 14.5 Å². The Morgan fingerprint density at radius 1 is 1.17 bits per heavy atom. The number of fused-ring (bicyclic) bond motifs is 1. The van der Waals surface area contributed by atoms with E-state index in [4.69, 9.17) is 26.2 Å². The summed E-state index contributed by atoms with van der Waals surface area (Å²) in [5.41, 5.74) is 2.33. The van der Waals surface area contributed by atoms with Crippen molar-refractivity contribution in [2.24, 2.45) is 0 Å². The van der Waals surface area contributed by atoms with Gasteiger partial charge in [0.15, 0.2) is 5.16 Å². The highest BCUT2D eigenvalue weighted by Gasteiger charge is 2.19. The second-order valence-electron chi connectivity index (χ2n) is 7.72. The minimum Gasteiger partial charge on any atom is -0.497 e. The first-order valence-corrected chi connectivity index (χ1v) is 12.4. The Morgan fingerprint density at radius 2 is 1.97 bits per heavy atom. The van der Waals surface area contributed by atoms with E-state index in [1.165, 1.54) is 26.0 Å². The SMILES string of the molecule is COc1cc(OC)c(Cl)c(-c2cc3cnc(SC)nc3n(CCc3cccc(NC(=O)O)c3)c2=O)c1. The highest BCUT2D eigenvalue weighted by atomic mass is 35.5. The number of halogens is 1. The number of thioether (sulfide) groups is 1. The minimum atomic E-state index is -1.14. The number of aryl methyl sites for hydroxylation is 2. The van der Waals surface area contributed by atoms with Crippen LogP contribution in [-0.4, -0.2) is 46.2 Å². The van der Waals surface area contributed by atoms with Crippen LogP contribution in [0.4, 0.5) is 10.5 Å². The van der Waals surface area contributed by atoms with Gasteiger partial charge in [0.05, 0.1) is 19.2 Å². The third-order valence-corrected chi connectivity index (χ3v) is 6.50. The van der Waals surface area contributed by atoms with Crippen molar-refractivity contribution in [2.75, 3.05) is 25.8 Å². The first-order chi connectivity index (χ1) is 17.3. The van der Waals surface area contributed by atoms with Crippen molar-refractivity contribution in [3.05, 3.63) is 69.6 Å². The molecule has 11 heteroatoms. The van der Waals surface area contributed by atoms with Crippen LogP contribution in [0.15, 0.2) is 58.6 Å². The second kappa shape index (κ2) is 10.9. The van der Waals surface area contributed by atoms with E-state index in [0.717, 1.165) is 5.56 Å². The van der Waals surface area contributed by atoms with Crippen LogP contribution in [0.2, 0.25) is 5.02 Å². The van der Waals surface area contributed by atoms with Gasteiger partial charge < -0.3 is 14.6 Å². The smallest absolute Gasteiger partial charge is 0.409 e. The maximum Gasteiger partial charge on any atom is 0.409 e. The zero-order chi connectivity index (χ0) is 25.8. The molecule has 9 nitrogen and oxygen atoms in total. The summed E-state index contributed by atoms with van der Waals surface area (Å²) >= 11 is 7.99. The topological polar surface area (TPSA) is 116 Å². The average molecular weight is 527 g/mol. The summed E-state index contributed by atoms with van der Waals surface area (Å²) in [4.78, 5) is 33.8. The van der Waals surface area contributed by atoms with Crippen molar-refractivity contribution in [3.8, 4) is 22.6 Å². The molecule has 36 heavy (non-hydrogen) atoms. The molecule has 0 atom stereocenters. The van der Waals surface area contributed by atoms with Crippen molar-refractivity contribution >= 4 is 46.2 Å². The standard InChI is InChI=1S/C25H23ClN4O5S/c1-34-17-11-18(21(26)20(12-17)35-2)19-10-15-13-27-24(36-3)29-22(15)30(23(19)31)8-7-14-5-4-6-16(9-14)28-25(32)33/h4-6,9-13,28H,7-8H2,1-3H3,(H,32,33). The Kier molecular flexibility index (Phi) is 7.66. The molecule has 2 aromatic carbocycles. The Hall–Kier alpha value is -3.76. The fourth-order valence-electron chi connectivity index (χ4n) is 3.85. The first kappa shape index (κ1) is 25.3. The number of carboxylic acid groups (broad SMARTS) is 1. The Labute approximate surface area is 216 Å². The fourth-order valence-corrected chi connectivity index (χ4v) is 4.47. The van der Waals surface area contributed by atoms with Gasteiger partial charge in [-0.05, 0) is 42.5 Å². The molecule has 4 rings (SSSR count). The van der Waals surface area contributed by atoms with Gasteiger partial charge >= 0.3 is 6.09 Å². The summed E-state index contributed by atoms with van der Waals surface area (Å²) in [6.45, 7) is 0.295. The maximum atomic E-state index is 13.8. The Balaban J connectivity index is 1.86. The lowest BCUT2D eigenvalue weighted by Crippen LogP contribution is -2.24. The van der Waals surface area contributed by atoms with E-state index in [2.05, 4.69) is 15.3 Å². The number of benzene rings is 2. The zero-order valence-electron chi connectivity index (χ0n) is 19.7. The fraction of sp³-hybridized carbons (Fsp3) is 0.200. The molecular weight excluding hydrogens is 504 g/mol. The number of nitrogens with one attached hydrogen (secondary N) is 1. The molecule has 0 aliphatic rings. The van der Waals surface area contributed by atoms with Crippen LogP contribution in [0.3, 0.4) is 0 Å². The molecule has 0 unspecified atom stereocenters. The van der Waals surface area contributed by atoms with Crippen LogP contribution < -0.4 is 20.3 Å². The summed E-state index contributed by atoms with van der Waals surface area (Å²) in [6.07, 6.45) is 2.85. The Morgan fingerprint density at radius 3 is 2.67 bits per heavy atom. The molecule has 1 amide bonds. The number of methoxy groups -OCH3 is 2. The minimum absolute atomic E-state index is 0.287. The molecule has 0 saturated carbocycles. The van der Waals surface area contributed by atoms with Crippen molar-refractivity contribution in [2.45, 2.75) is 18.1 Å². The summed E-state index contributed by atoms with van der Waals surface area (Å²) in [5.74, 6) is 0.878. The molecule has 0 spiro atoms. The third kappa shape index (κ3) is 5.24. The van der Waals surface area contributed by atoms with Crippen molar-refractivity contribution < 1.29 is 19.4 Å².